The summed E-state index contributed by atoms with van der Waals surface area (Å²) in [4.78, 5) is 14.8. The molecule has 1 aliphatic rings. The molecule has 5 nitrogen and oxygen atoms in total. The maximum Gasteiger partial charge on any atom is 0.255 e. The van der Waals surface area contributed by atoms with Crippen LogP contribution in [0.2, 0.25) is 0 Å². The number of hydrogen-bond donors (Lipinski definition) is 1. The van der Waals surface area contributed by atoms with Gasteiger partial charge in [-0.15, -0.1) is 0 Å². The van der Waals surface area contributed by atoms with E-state index in [0.29, 0.717) is 11.0 Å². The van der Waals surface area contributed by atoms with E-state index in [1.165, 1.54) is 18.4 Å². The number of benzene rings is 1. The Labute approximate surface area is 134 Å². The second-order valence-corrected chi connectivity index (χ2v) is 5.87. The normalized spacial score (nSPS) is 16.8. The largest absolute Gasteiger partial charge is 0.464 e. The van der Waals surface area contributed by atoms with Crippen molar-refractivity contribution in [2.24, 2.45) is 0 Å². The van der Waals surface area contributed by atoms with Crippen molar-refractivity contribution in [2.75, 3.05) is 33.4 Å². The van der Waals surface area contributed by atoms with Crippen LogP contribution in [0.25, 0.3) is 11.0 Å². The zero-order chi connectivity index (χ0) is 16.2. The number of methoxy groups -OCH3 is 1. The number of hydrogen-bond acceptors (Lipinski definition) is 4. The first-order chi connectivity index (χ1) is 11.2. The third-order valence-electron chi connectivity index (χ3n) is 4.29. The number of rotatable bonds is 5. The van der Waals surface area contributed by atoms with Gasteiger partial charge in [0.25, 0.3) is 5.91 Å². The number of fused-ring (bicyclic) bond motifs is 1. The fourth-order valence-electron chi connectivity index (χ4n) is 3.00. The molecule has 0 aliphatic carbocycles. The highest BCUT2D eigenvalue weighted by atomic mass is 19.1. The number of nitrogens with one attached hydrogen (secondary N) is 1. The summed E-state index contributed by atoms with van der Waals surface area (Å²) in [6, 6.07) is 4.36. The van der Waals surface area contributed by atoms with E-state index in [2.05, 4.69) is 10.2 Å². The van der Waals surface area contributed by atoms with Gasteiger partial charge in [0.15, 0.2) is 0 Å². The molecule has 0 unspecified atom stereocenters. The first-order valence-corrected chi connectivity index (χ1v) is 7.86. The number of likely N-dealkylation sites (tertiary alicyclic amines) is 1. The molecule has 124 valence electrons. The summed E-state index contributed by atoms with van der Waals surface area (Å²) in [6.07, 6.45) is 3.23. The topological polar surface area (TPSA) is 54.7 Å². The number of amides is 1. The van der Waals surface area contributed by atoms with Crippen molar-refractivity contribution < 1.29 is 18.3 Å². The third-order valence-corrected chi connectivity index (χ3v) is 4.29. The van der Waals surface area contributed by atoms with Gasteiger partial charge in [0.2, 0.25) is 0 Å². The molecule has 1 amide bonds. The van der Waals surface area contributed by atoms with Crippen LogP contribution in [0.4, 0.5) is 4.39 Å². The van der Waals surface area contributed by atoms with Gasteiger partial charge in [0.05, 0.1) is 18.4 Å². The fraction of sp³-hybridized carbons (Fsp3) is 0.471. The van der Waals surface area contributed by atoms with Crippen molar-refractivity contribution in [3.05, 3.63) is 35.8 Å². The Morgan fingerprint density at radius 3 is 2.96 bits per heavy atom. The van der Waals surface area contributed by atoms with Crippen LogP contribution in [-0.4, -0.2) is 50.2 Å². The highest BCUT2D eigenvalue weighted by molar-refractivity contribution is 6.05. The lowest BCUT2D eigenvalue weighted by Crippen LogP contribution is -2.45. The second-order valence-electron chi connectivity index (χ2n) is 5.87. The lowest BCUT2D eigenvalue weighted by Gasteiger charge is -2.32. The van der Waals surface area contributed by atoms with Crippen LogP contribution in [0.3, 0.4) is 0 Å². The smallest absolute Gasteiger partial charge is 0.255 e. The molecule has 1 aliphatic heterocycles. The summed E-state index contributed by atoms with van der Waals surface area (Å²) in [5.41, 5.74) is 0.688. The van der Waals surface area contributed by atoms with E-state index < -0.39 is 5.82 Å². The predicted molar refractivity (Wildman–Crippen MR) is 85.0 cm³/mol. The van der Waals surface area contributed by atoms with E-state index in [0.717, 1.165) is 39.1 Å². The Morgan fingerprint density at radius 1 is 1.43 bits per heavy atom. The molecular weight excluding hydrogens is 299 g/mol. The molecule has 1 saturated heterocycles. The van der Waals surface area contributed by atoms with Gasteiger partial charge < -0.3 is 19.4 Å². The molecule has 6 heteroatoms. The van der Waals surface area contributed by atoms with E-state index >= 15 is 0 Å². The van der Waals surface area contributed by atoms with Crippen molar-refractivity contribution in [1.82, 2.24) is 10.2 Å². The lowest BCUT2D eigenvalue weighted by molar-refractivity contribution is 0.0893. The zero-order valence-corrected chi connectivity index (χ0v) is 13.2. The van der Waals surface area contributed by atoms with Crippen molar-refractivity contribution >= 4 is 16.9 Å². The van der Waals surface area contributed by atoms with Gasteiger partial charge in [-0.1, -0.05) is 0 Å². The first kappa shape index (κ1) is 16.0. The SMILES string of the molecule is COCCN1CCC(NC(=O)c2cc(F)cc3ccoc23)CC1. The van der Waals surface area contributed by atoms with Crippen molar-refractivity contribution in [3.63, 3.8) is 0 Å². The highest BCUT2D eigenvalue weighted by Gasteiger charge is 2.22. The molecular formula is C17H21FN2O3. The molecule has 1 N–H and O–H groups in total. The first-order valence-electron chi connectivity index (χ1n) is 7.86. The number of ether oxygens (including phenoxy) is 1. The summed E-state index contributed by atoms with van der Waals surface area (Å²) in [6.45, 7) is 3.48. The number of carbonyl (C=O) groups excluding carboxylic acids is 1. The average molecular weight is 320 g/mol. The molecule has 1 aromatic heterocycles. The molecule has 2 aromatic rings. The summed E-state index contributed by atoms with van der Waals surface area (Å²) in [7, 11) is 1.70. The van der Waals surface area contributed by atoms with Gasteiger partial charge in [0, 0.05) is 38.2 Å². The number of piperidine rings is 1. The molecule has 0 radical (unpaired) electrons. The van der Waals surface area contributed by atoms with Crippen LogP contribution in [0.15, 0.2) is 28.9 Å². The molecule has 0 spiro atoms. The van der Waals surface area contributed by atoms with Gasteiger partial charge in [-0.05, 0) is 31.0 Å². The van der Waals surface area contributed by atoms with Gasteiger partial charge in [-0.3, -0.25) is 4.79 Å². The van der Waals surface area contributed by atoms with E-state index in [1.54, 1.807) is 13.2 Å². The molecule has 23 heavy (non-hydrogen) atoms. The zero-order valence-electron chi connectivity index (χ0n) is 13.2. The molecule has 1 fully saturated rings. The quantitative estimate of drug-likeness (QED) is 0.919. The minimum atomic E-state index is -0.432. The standard InChI is InChI=1S/C17H21FN2O3/c1-22-9-7-20-5-2-14(3-6-20)19-17(21)15-11-13(18)10-12-4-8-23-16(12)15/h4,8,10-11,14H,2-3,5-7,9H2,1H3,(H,19,21). The third kappa shape index (κ3) is 3.71. The van der Waals surface area contributed by atoms with Crippen molar-refractivity contribution in [1.29, 1.82) is 0 Å². The Balaban J connectivity index is 1.62. The Bertz CT molecular complexity index is 678. The number of nitrogens with zero attached hydrogens (tertiary/aromatic N) is 1. The van der Waals surface area contributed by atoms with E-state index in [-0.39, 0.29) is 17.5 Å². The minimum Gasteiger partial charge on any atom is -0.464 e. The average Bonchev–Trinajstić information content (AvgIpc) is 3.01. The predicted octanol–water partition coefficient (Wildman–Crippen LogP) is 2.41. The number of carbonyl (C=O) groups is 1. The summed E-state index contributed by atoms with van der Waals surface area (Å²) in [5, 5.41) is 3.60. The molecule has 3 rings (SSSR count). The van der Waals surface area contributed by atoms with Gasteiger partial charge >= 0.3 is 0 Å². The van der Waals surface area contributed by atoms with Gasteiger partial charge in [-0.25, -0.2) is 4.39 Å². The van der Waals surface area contributed by atoms with Gasteiger partial charge in [0.1, 0.15) is 11.4 Å². The fourth-order valence-corrected chi connectivity index (χ4v) is 3.00. The van der Waals surface area contributed by atoms with Crippen molar-refractivity contribution in [3.8, 4) is 0 Å². The van der Waals surface area contributed by atoms with E-state index in [1.807, 2.05) is 0 Å². The van der Waals surface area contributed by atoms with Crippen LogP contribution in [0, 0.1) is 5.82 Å². The van der Waals surface area contributed by atoms with Gasteiger partial charge in [-0.2, -0.15) is 0 Å². The Kier molecular flexibility index (Phi) is 4.93. The van der Waals surface area contributed by atoms with Crippen LogP contribution in [0.5, 0.6) is 0 Å². The Morgan fingerprint density at radius 2 is 2.22 bits per heavy atom. The maximum atomic E-state index is 13.6. The van der Waals surface area contributed by atoms with E-state index in [4.69, 9.17) is 9.15 Å². The highest BCUT2D eigenvalue weighted by Crippen LogP contribution is 2.22. The molecule has 0 atom stereocenters. The summed E-state index contributed by atoms with van der Waals surface area (Å²) >= 11 is 0. The monoisotopic (exact) mass is 320 g/mol. The molecule has 2 heterocycles. The van der Waals surface area contributed by atoms with Crippen LogP contribution >= 0.6 is 0 Å². The van der Waals surface area contributed by atoms with E-state index in [9.17, 15) is 9.18 Å². The number of halogens is 1. The molecule has 1 aromatic carbocycles. The van der Waals surface area contributed by atoms with Crippen LogP contribution in [0.1, 0.15) is 23.2 Å². The van der Waals surface area contributed by atoms with Crippen molar-refractivity contribution in [2.45, 2.75) is 18.9 Å². The second kappa shape index (κ2) is 7.10. The summed E-state index contributed by atoms with van der Waals surface area (Å²) in [5.74, 6) is -0.710. The summed E-state index contributed by atoms with van der Waals surface area (Å²) < 4.78 is 24.0. The maximum absolute atomic E-state index is 13.6. The lowest BCUT2D eigenvalue weighted by atomic mass is 10.0. The Hall–Kier alpha value is -1.92. The number of furan rings is 1. The molecule has 0 saturated carbocycles. The molecule has 0 bridgehead atoms. The van der Waals surface area contributed by atoms with Crippen LogP contribution in [-0.2, 0) is 4.74 Å². The van der Waals surface area contributed by atoms with Crippen LogP contribution < -0.4 is 5.32 Å². The minimum absolute atomic E-state index is 0.106.